The molecule has 1 rings (SSSR count). The molecule has 1 saturated carbocycles. The van der Waals surface area contributed by atoms with Gasteiger partial charge in [-0.25, -0.2) is 0 Å². The van der Waals surface area contributed by atoms with Crippen LogP contribution in [0.3, 0.4) is 0 Å². The van der Waals surface area contributed by atoms with E-state index >= 15 is 0 Å². The molecule has 0 aliphatic heterocycles. The summed E-state index contributed by atoms with van der Waals surface area (Å²) < 4.78 is 0. The van der Waals surface area contributed by atoms with Gasteiger partial charge in [0.15, 0.2) is 0 Å². The normalized spacial score (nSPS) is 33.6. The van der Waals surface area contributed by atoms with Gasteiger partial charge in [-0.1, -0.05) is 20.8 Å². The number of nitrogens with one attached hydrogen (secondary N) is 1. The summed E-state index contributed by atoms with van der Waals surface area (Å²) in [6.07, 6.45) is 4.21. The van der Waals surface area contributed by atoms with E-state index in [4.69, 9.17) is 0 Å². The van der Waals surface area contributed by atoms with E-state index in [1.807, 2.05) is 0 Å². The molecule has 0 aromatic carbocycles. The van der Waals surface area contributed by atoms with Gasteiger partial charge < -0.3 is 10.4 Å². The topological polar surface area (TPSA) is 34.4 Å². The monoisotopic (exact) mass is 229 g/mol. The zero-order chi connectivity index (χ0) is 11.7. The van der Waals surface area contributed by atoms with Crippen molar-refractivity contribution < 1.29 is 10.4 Å². The highest BCUT2D eigenvalue weighted by Gasteiger charge is 2.45. The lowest BCUT2D eigenvalue weighted by Crippen LogP contribution is -3.19. The van der Waals surface area contributed by atoms with E-state index < -0.39 is 0 Å². The van der Waals surface area contributed by atoms with Crippen molar-refractivity contribution in [2.75, 3.05) is 13.1 Å². The highest BCUT2D eigenvalue weighted by atomic mass is 16.0. The van der Waals surface area contributed by atoms with Crippen molar-refractivity contribution in [3.8, 4) is 0 Å². The molecule has 2 heteroatoms. The Kier molecular flexibility index (Phi) is 5.48. The molecule has 0 spiro atoms. The number of hydrogen-bond donors (Lipinski definition) is 1. The van der Waals surface area contributed by atoms with Crippen LogP contribution in [0.1, 0.15) is 60.8 Å². The largest absolute Gasteiger partial charge is 0.870 e. The fourth-order valence-electron chi connectivity index (χ4n) is 4.36. The average Bonchev–Trinajstić information content (AvgIpc) is 2.00. The van der Waals surface area contributed by atoms with Crippen molar-refractivity contribution in [1.29, 1.82) is 0 Å². The minimum atomic E-state index is 0. The first-order valence-electron chi connectivity index (χ1n) is 6.68. The molecule has 0 amide bonds. The third kappa shape index (κ3) is 3.46. The summed E-state index contributed by atoms with van der Waals surface area (Å²) in [7, 11) is 0. The molecule has 98 valence electrons. The van der Waals surface area contributed by atoms with Gasteiger partial charge in [-0.15, -0.1) is 0 Å². The summed E-state index contributed by atoms with van der Waals surface area (Å²) in [6.45, 7) is 17.0. The van der Waals surface area contributed by atoms with Crippen LogP contribution in [0.5, 0.6) is 0 Å². The Morgan fingerprint density at radius 2 is 1.56 bits per heavy atom. The Labute approximate surface area is 102 Å². The fourth-order valence-corrected chi connectivity index (χ4v) is 4.36. The summed E-state index contributed by atoms with van der Waals surface area (Å²) in [4.78, 5) is 1.79. The van der Waals surface area contributed by atoms with Crippen molar-refractivity contribution in [1.82, 2.24) is 0 Å². The van der Waals surface area contributed by atoms with Crippen molar-refractivity contribution in [2.24, 2.45) is 11.3 Å². The molecule has 1 fully saturated rings. The van der Waals surface area contributed by atoms with Gasteiger partial charge in [0.25, 0.3) is 0 Å². The molecule has 1 aliphatic carbocycles. The molecule has 0 radical (unpaired) electrons. The number of rotatable bonds is 3. The summed E-state index contributed by atoms with van der Waals surface area (Å²) in [5, 5.41) is 0. The first-order valence-corrected chi connectivity index (χ1v) is 6.68. The van der Waals surface area contributed by atoms with Crippen LogP contribution in [0.2, 0.25) is 0 Å². The Morgan fingerprint density at radius 1 is 1.06 bits per heavy atom. The lowest BCUT2D eigenvalue weighted by atomic mass is 9.64. The molecule has 0 heterocycles. The van der Waals surface area contributed by atoms with E-state index in [1.54, 1.807) is 4.90 Å². The lowest BCUT2D eigenvalue weighted by Gasteiger charge is -2.48. The van der Waals surface area contributed by atoms with Crippen molar-refractivity contribution in [3.05, 3.63) is 0 Å². The van der Waals surface area contributed by atoms with Crippen LogP contribution in [0.25, 0.3) is 0 Å². The van der Waals surface area contributed by atoms with Crippen molar-refractivity contribution in [2.45, 2.75) is 66.3 Å². The van der Waals surface area contributed by atoms with Crippen LogP contribution in [-0.4, -0.2) is 24.1 Å². The van der Waals surface area contributed by atoms with Gasteiger partial charge in [-0.2, -0.15) is 0 Å². The Balaban J connectivity index is 0.00000225. The summed E-state index contributed by atoms with van der Waals surface area (Å²) in [5.41, 5.74) is 1.06. The van der Waals surface area contributed by atoms with Crippen LogP contribution >= 0.6 is 0 Å². The maximum atomic E-state index is 2.51. The standard InChI is InChI=1S/C14H29N.H2O/c1-7-15(8-2)14(6)10-12(3)9-13(4,5)11-14;/h12H,7-11H2,1-6H3;1H2. The van der Waals surface area contributed by atoms with E-state index in [0.29, 0.717) is 11.0 Å². The molecular weight excluding hydrogens is 198 g/mol. The molecule has 0 saturated heterocycles. The zero-order valence-corrected chi connectivity index (χ0v) is 12.1. The van der Waals surface area contributed by atoms with Gasteiger partial charge in [0.1, 0.15) is 0 Å². The van der Waals surface area contributed by atoms with Crippen LogP contribution in [0.4, 0.5) is 0 Å². The maximum Gasteiger partial charge on any atom is 0.0956 e. The number of hydrogen-bond acceptors (Lipinski definition) is 1. The van der Waals surface area contributed by atoms with Crippen molar-refractivity contribution >= 4 is 0 Å². The van der Waals surface area contributed by atoms with E-state index in [-0.39, 0.29) is 5.48 Å². The van der Waals surface area contributed by atoms with E-state index in [0.717, 1.165) is 5.92 Å². The molecule has 2 atom stereocenters. The molecule has 2 N–H and O–H groups in total. The van der Waals surface area contributed by atoms with Gasteiger partial charge in [0, 0.05) is 12.8 Å². The zero-order valence-electron chi connectivity index (χ0n) is 12.1. The second-order valence-electron chi connectivity index (χ2n) is 6.73. The predicted octanol–water partition coefficient (Wildman–Crippen LogP) is 2.34. The molecule has 2 nitrogen and oxygen atoms in total. The van der Waals surface area contributed by atoms with Gasteiger partial charge in [-0.05, 0) is 38.5 Å². The lowest BCUT2D eigenvalue weighted by molar-refractivity contribution is -0.951. The minimum Gasteiger partial charge on any atom is -0.870 e. The third-order valence-electron chi connectivity index (χ3n) is 4.28. The second-order valence-corrected chi connectivity index (χ2v) is 6.73. The molecule has 2 unspecified atom stereocenters. The Bertz CT molecular complexity index is 211. The first kappa shape index (κ1) is 15.9. The molecule has 1 aliphatic rings. The van der Waals surface area contributed by atoms with Crippen LogP contribution in [0.15, 0.2) is 0 Å². The third-order valence-corrected chi connectivity index (χ3v) is 4.28. The predicted molar refractivity (Wildman–Crippen MR) is 69.2 cm³/mol. The molecule has 16 heavy (non-hydrogen) atoms. The summed E-state index contributed by atoms with van der Waals surface area (Å²) in [6, 6.07) is 0. The highest BCUT2D eigenvalue weighted by Crippen LogP contribution is 2.42. The highest BCUT2D eigenvalue weighted by molar-refractivity contribution is 4.90. The van der Waals surface area contributed by atoms with Crippen LogP contribution < -0.4 is 4.90 Å². The minimum absolute atomic E-state index is 0. The molecule has 0 aromatic rings. The van der Waals surface area contributed by atoms with Gasteiger partial charge in [0.05, 0.1) is 18.6 Å². The van der Waals surface area contributed by atoms with E-state index in [9.17, 15) is 0 Å². The summed E-state index contributed by atoms with van der Waals surface area (Å²) in [5.74, 6) is 0.895. The van der Waals surface area contributed by atoms with Gasteiger partial charge >= 0.3 is 0 Å². The quantitative estimate of drug-likeness (QED) is 0.792. The molecular formula is C14H31NO. The van der Waals surface area contributed by atoms with E-state index in [1.165, 1.54) is 32.4 Å². The van der Waals surface area contributed by atoms with Crippen molar-refractivity contribution in [3.63, 3.8) is 0 Å². The van der Waals surface area contributed by atoms with Crippen LogP contribution in [-0.2, 0) is 0 Å². The van der Waals surface area contributed by atoms with Gasteiger partial charge in [-0.3, -0.25) is 0 Å². The smallest absolute Gasteiger partial charge is 0.0956 e. The molecule has 0 bridgehead atoms. The van der Waals surface area contributed by atoms with Crippen LogP contribution in [0, 0.1) is 11.3 Å². The number of quaternary nitrogens is 1. The first-order chi connectivity index (χ1) is 6.83. The molecule has 0 aromatic heterocycles. The van der Waals surface area contributed by atoms with Gasteiger partial charge in [0.2, 0.25) is 0 Å². The SMILES string of the molecule is CC[NH+](CC)C1(C)CC(C)CC(C)(C)C1.[OH-]. The Morgan fingerprint density at radius 3 is 1.94 bits per heavy atom. The average molecular weight is 229 g/mol. The summed E-state index contributed by atoms with van der Waals surface area (Å²) >= 11 is 0. The Hall–Kier alpha value is -0.0800. The fraction of sp³-hybridized carbons (Fsp3) is 1.00. The van der Waals surface area contributed by atoms with E-state index in [2.05, 4.69) is 41.5 Å². The second kappa shape index (κ2) is 5.50. The maximum absolute atomic E-state index is 2.51.